The molecule has 2 aromatic carbocycles. The van der Waals surface area contributed by atoms with Gasteiger partial charge in [-0.05, 0) is 47.9 Å². The zero-order valence-corrected chi connectivity index (χ0v) is 14.4. The van der Waals surface area contributed by atoms with Gasteiger partial charge < -0.3 is 10.6 Å². The molecule has 0 aliphatic carbocycles. The molecule has 0 saturated heterocycles. The van der Waals surface area contributed by atoms with E-state index in [1.54, 1.807) is 30.3 Å². The molecule has 0 saturated carbocycles. The molecule has 136 valence electrons. The number of nitrogen functional groups attached to an aromatic ring is 1. The maximum absolute atomic E-state index is 13.0. The predicted octanol–water partition coefficient (Wildman–Crippen LogP) is 4.93. The number of alkyl halides is 3. The molecule has 0 radical (unpaired) electrons. The number of carbonyl (C=O) groups is 1. The summed E-state index contributed by atoms with van der Waals surface area (Å²) in [4.78, 5) is 12.9. The van der Waals surface area contributed by atoms with E-state index in [-0.39, 0.29) is 0 Å². The summed E-state index contributed by atoms with van der Waals surface area (Å²) in [5.74, 6) is 0. The molecule has 7 heteroatoms. The Morgan fingerprint density at radius 3 is 2.65 bits per heavy atom. The third-order valence-corrected chi connectivity index (χ3v) is 4.64. The molecule has 1 amide bonds. The average molecular weight is 381 g/mol. The highest BCUT2D eigenvalue weighted by Crippen LogP contribution is 2.37. The van der Waals surface area contributed by atoms with Crippen LogP contribution in [0.2, 0.25) is 5.02 Å². The van der Waals surface area contributed by atoms with E-state index >= 15 is 0 Å². The molecule has 2 aromatic rings. The first-order valence-corrected chi connectivity index (χ1v) is 8.31. The van der Waals surface area contributed by atoms with Crippen molar-refractivity contribution in [2.75, 3.05) is 12.3 Å². The normalized spacial score (nSPS) is 17.8. The van der Waals surface area contributed by atoms with E-state index in [1.165, 1.54) is 11.0 Å². The van der Waals surface area contributed by atoms with Gasteiger partial charge in [-0.15, -0.1) is 0 Å². The van der Waals surface area contributed by atoms with Gasteiger partial charge in [-0.3, -0.25) is 4.79 Å². The zero-order chi connectivity index (χ0) is 18.9. The number of hydrogen-bond acceptors (Lipinski definition) is 2. The molecule has 0 spiro atoms. The molecular formula is C19H16ClF3N2O. The van der Waals surface area contributed by atoms with Crippen molar-refractivity contribution in [2.24, 2.45) is 0 Å². The van der Waals surface area contributed by atoms with Crippen molar-refractivity contribution in [3.8, 4) is 0 Å². The van der Waals surface area contributed by atoms with Crippen LogP contribution >= 0.6 is 11.6 Å². The highest BCUT2D eigenvalue weighted by molar-refractivity contribution is 6.30. The van der Waals surface area contributed by atoms with Crippen LogP contribution < -0.4 is 5.73 Å². The maximum Gasteiger partial charge on any atom is 0.416 e. The van der Waals surface area contributed by atoms with Gasteiger partial charge >= 0.3 is 6.18 Å². The van der Waals surface area contributed by atoms with Crippen molar-refractivity contribution >= 4 is 29.3 Å². The number of anilines is 1. The largest absolute Gasteiger partial charge is 0.416 e. The molecule has 3 nitrogen and oxygen atoms in total. The first-order chi connectivity index (χ1) is 12.3. The lowest BCUT2D eigenvalue weighted by molar-refractivity contribution is -0.137. The maximum atomic E-state index is 13.0. The number of nitrogens with zero attached hydrogens (tertiary/aromatic N) is 1. The van der Waals surface area contributed by atoms with E-state index in [0.29, 0.717) is 35.6 Å². The van der Waals surface area contributed by atoms with E-state index in [1.807, 2.05) is 0 Å². The number of nitrogens with two attached hydrogens (primary N) is 1. The number of hydrogen-bond donors (Lipinski definition) is 1. The van der Waals surface area contributed by atoms with Crippen LogP contribution in [0.15, 0.2) is 48.5 Å². The van der Waals surface area contributed by atoms with Gasteiger partial charge in [0.2, 0.25) is 6.41 Å². The number of rotatable bonds is 3. The highest BCUT2D eigenvalue weighted by Gasteiger charge is 2.32. The Balaban J connectivity index is 2.06. The van der Waals surface area contributed by atoms with E-state index in [0.717, 1.165) is 23.3 Å². The number of benzene rings is 2. The quantitative estimate of drug-likeness (QED) is 0.606. The van der Waals surface area contributed by atoms with Gasteiger partial charge in [-0.2, -0.15) is 13.2 Å². The molecule has 1 aliphatic rings. The van der Waals surface area contributed by atoms with Crippen LogP contribution in [0.5, 0.6) is 0 Å². The number of carbonyl (C=O) groups excluding carboxylic acids is 1. The Morgan fingerprint density at radius 1 is 1.19 bits per heavy atom. The highest BCUT2D eigenvalue weighted by atomic mass is 35.5. The second-order valence-electron chi connectivity index (χ2n) is 6.08. The average Bonchev–Trinajstić information content (AvgIpc) is 2.62. The van der Waals surface area contributed by atoms with Crippen LogP contribution in [0.4, 0.5) is 18.9 Å². The van der Waals surface area contributed by atoms with Gasteiger partial charge in [0.25, 0.3) is 0 Å². The summed E-state index contributed by atoms with van der Waals surface area (Å²) in [6.45, 7) is 0.377. The van der Waals surface area contributed by atoms with Crippen LogP contribution in [0, 0.1) is 0 Å². The molecule has 0 bridgehead atoms. The summed E-state index contributed by atoms with van der Waals surface area (Å²) in [6.07, 6.45) is -1.48. The molecule has 1 unspecified atom stereocenters. The molecule has 0 fully saturated rings. The lowest BCUT2D eigenvalue weighted by Crippen LogP contribution is -2.31. The minimum atomic E-state index is -4.44. The fourth-order valence-corrected chi connectivity index (χ4v) is 3.27. The molecule has 0 aromatic heterocycles. The third kappa shape index (κ3) is 3.70. The van der Waals surface area contributed by atoms with Crippen molar-refractivity contribution in [3.05, 3.63) is 70.3 Å². The van der Waals surface area contributed by atoms with E-state index < -0.39 is 17.8 Å². The number of halogens is 4. The summed E-state index contributed by atoms with van der Waals surface area (Å²) >= 11 is 6.04. The summed E-state index contributed by atoms with van der Waals surface area (Å²) in [7, 11) is 0. The Labute approximate surface area is 153 Å². The van der Waals surface area contributed by atoms with Crippen molar-refractivity contribution in [1.82, 2.24) is 4.90 Å². The molecule has 2 N–H and O–H groups in total. The molecule has 3 rings (SSSR count). The second-order valence-corrected chi connectivity index (χ2v) is 6.52. The second kappa shape index (κ2) is 7.03. The fourth-order valence-electron chi connectivity index (χ4n) is 3.09. The summed E-state index contributed by atoms with van der Waals surface area (Å²) < 4.78 is 39.1. The minimum Gasteiger partial charge on any atom is -0.398 e. The van der Waals surface area contributed by atoms with Gasteiger partial charge in [0.1, 0.15) is 0 Å². The molecule has 1 aliphatic heterocycles. The van der Waals surface area contributed by atoms with Crippen molar-refractivity contribution in [2.45, 2.75) is 18.6 Å². The monoisotopic (exact) mass is 380 g/mol. The topological polar surface area (TPSA) is 46.3 Å². The van der Waals surface area contributed by atoms with Crippen LogP contribution in [-0.4, -0.2) is 17.9 Å². The van der Waals surface area contributed by atoms with Crippen molar-refractivity contribution < 1.29 is 18.0 Å². The van der Waals surface area contributed by atoms with Gasteiger partial charge in [0.05, 0.1) is 11.6 Å². The van der Waals surface area contributed by atoms with Gasteiger partial charge in [0, 0.05) is 22.8 Å². The van der Waals surface area contributed by atoms with Crippen molar-refractivity contribution in [3.63, 3.8) is 0 Å². The van der Waals surface area contributed by atoms with Gasteiger partial charge in [0.15, 0.2) is 0 Å². The van der Waals surface area contributed by atoms with Crippen molar-refractivity contribution in [1.29, 1.82) is 0 Å². The van der Waals surface area contributed by atoms with Gasteiger partial charge in [-0.1, -0.05) is 29.8 Å². The molecular weight excluding hydrogens is 365 g/mol. The lowest BCUT2D eigenvalue weighted by Gasteiger charge is -2.32. The smallest absolute Gasteiger partial charge is 0.398 e. The summed E-state index contributed by atoms with van der Waals surface area (Å²) in [6, 6.07) is 9.49. The van der Waals surface area contributed by atoms with Crippen LogP contribution in [0.1, 0.15) is 29.2 Å². The first kappa shape index (κ1) is 18.3. The predicted molar refractivity (Wildman–Crippen MR) is 95.4 cm³/mol. The van der Waals surface area contributed by atoms with Gasteiger partial charge in [-0.25, -0.2) is 0 Å². The lowest BCUT2D eigenvalue weighted by atomic mass is 9.91. The van der Waals surface area contributed by atoms with Crippen LogP contribution in [-0.2, 0) is 11.0 Å². The summed E-state index contributed by atoms with van der Waals surface area (Å²) in [5.41, 5.74) is 7.79. The van der Waals surface area contributed by atoms with Crippen LogP contribution in [0.25, 0.3) is 5.57 Å². The van der Waals surface area contributed by atoms with E-state index in [2.05, 4.69) is 0 Å². The van der Waals surface area contributed by atoms with E-state index in [4.69, 9.17) is 17.3 Å². The molecule has 26 heavy (non-hydrogen) atoms. The summed E-state index contributed by atoms with van der Waals surface area (Å²) in [5, 5.41) is 0.517. The van der Waals surface area contributed by atoms with Crippen LogP contribution in [0.3, 0.4) is 0 Å². The minimum absolute atomic E-state index is 0.377. The first-order valence-electron chi connectivity index (χ1n) is 7.94. The molecule has 1 atom stereocenters. The standard InChI is InChI=1S/C19H16ClF3N2O/c20-15-4-5-17(24)16(10-15)12-6-7-25(11-26)18(9-12)13-2-1-3-14(8-13)19(21,22)23/h1-5,8-11,18H,6-7,24H2. The Kier molecular flexibility index (Phi) is 4.96. The fraction of sp³-hybridized carbons (Fsp3) is 0.211. The van der Waals surface area contributed by atoms with E-state index in [9.17, 15) is 18.0 Å². The number of amides is 1. The Hall–Kier alpha value is -2.47. The zero-order valence-electron chi connectivity index (χ0n) is 13.6. The Bertz CT molecular complexity index is 864. The third-order valence-electron chi connectivity index (χ3n) is 4.41. The molecule has 1 heterocycles. The Morgan fingerprint density at radius 2 is 1.96 bits per heavy atom. The SMILES string of the molecule is Nc1ccc(Cl)cc1C1=CC(c2cccc(C(F)(F)F)c2)N(C=O)CC1.